The molecule has 76 valence electrons. The molecule has 0 aromatic carbocycles. The second-order valence-corrected chi connectivity index (χ2v) is 5.32. The minimum atomic E-state index is -0.0339. The molecule has 3 aliphatic rings. The molecular formula is C10H11IO3. The molecule has 3 rings (SSSR count). The van der Waals surface area contributed by atoms with E-state index in [-0.39, 0.29) is 28.0 Å². The van der Waals surface area contributed by atoms with E-state index in [0.29, 0.717) is 0 Å². The number of carbonyl (C=O) groups excluding carboxylic acids is 1. The molecule has 0 amide bonds. The summed E-state index contributed by atoms with van der Waals surface area (Å²) in [4.78, 5) is 11.9. The quantitative estimate of drug-likeness (QED) is 0.540. The topological polar surface area (TPSA) is 35.5 Å². The fraction of sp³-hybridized carbons (Fsp3) is 0.700. The highest BCUT2D eigenvalue weighted by molar-refractivity contribution is 14.1. The Balaban J connectivity index is 2.06. The smallest absolute Gasteiger partial charge is 0.177 e. The van der Waals surface area contributed by atoms with Gasteiger partial charge in [-0.05, 0) is 18.4 Å². The highest BCUT2D eigenvalue weighted by atomic mass is 127. The van der Waals surface area contributed by atoms with Gasteiger partial charge in [-0.25, -0.2) is 0 Å². The Morgan fingerprint density at radius 3 is 2.86 bits per heavy atom. The Morgan fingerprint density at radius 2 is 2.14 bits per heavy atom. The number of Topliss-reactive ketones (excluding diaryl/α,β-unsaturated/α-hetero) is 1. The van der Waals surface area contributed by atoms with Gasteiger partial charge in [0.05, 0.1) is 12.2 Å². The van der Waals surface area contributed by atoms with Crippen molar-refractivity contribution in [3.63, 3.8) is 0 Å². The van der Waals surface area contributed by atoms with E-state index in [4.69, 9.17) is 9.47 Å². The number of alkyl halides is 1. The van der Waals surface area contributed by atoms with Gasteiger partial charge in [0, 0.05) is 12.7 Å². The van der Waals surface area contributed by atoms with Crippen LogP contribution in [0.1, 0.15) is 12.8 Å². The maximum atomic E-state index is 11.9. The van der Waals surface area contributed by atoms with Crippen molar-refractivity contribution in [3.05, 3.63) is 11.1 Å². The number of ketones is 1. The van der Waals surface area contributed by atoms with Crippen molar-refractivity contribution in [3.8, 4) is 0 Å². The molecule has 0 saturated carbocycles. The van der Waals surface area contributed by atoms with Crippen LogP contribution in [-0.4, -0.2) is 35.1 Å². The Bertz CT molecular complexity index is 336. The predicted octanol–water partition coefficient (Wildman–Crippen LogP) is 1.25. The van der Waals surface area contributed by atoms with Crippen LogP contribution in [0.4, 0.5) is 0 Å². The van der Waals surface area contributed by atoms with Crippen molar-refractivity contribution in [2.45, 2.75) is 35.1 Å². The zero-order valence-corrected chi connectivity index (χ0v) is 9.98. The molecule has 14 heavy (non-hydrogen) atoms. The summed E-state index contributed by atoms with van der Waals surface area (Å²) in [6.45, 7) is 0. The number of halogens is 1. The van der Waals surface area contributed by atoms with Crippen LogP contribution >= 0.6 is 22.6 Å². The van der Waals surface area contributed by atoms with Crippen molar-refractivity contribution in [1.29, 1.82) is 0 Å². The molecule has 0 radical (unpaired) electrons. The van der Waals surface area contributed by atoms with Crippen LogP contribution in [0.2, 0.25) is 0 Å². The highest BCUT2D eigenvalue weighted by Crippen LogP contribution is 2.48. The lowest BCUT2D eigenvalue weighted by molar-refractivity contribution is -0.116. The fourth-order valence-electron chi connectivity index (χ4n) is 2.77. The molecule has 1 fully saturated rings. The Labute approximate surface area is 96.0 Å². The van der Waals surface area contributed by atoms with Gasteiger partial charge in [0.2, 0.25) is 0 Å². The van der Waals surface area contributed by atoms with E-state index in [1.165, 1.54) is 0 Å². The summed E-state index contributed by atoms with van der Waals surface area (Å²) >= 11 is 2.18. The van der Waals surface area contributed by atoms with E-state index >= 15 is 0 Å². The van der Waals surface area contributed by atoms with E-state index < -0.39 is 0 Å². The van der Waals surface area contributed by atoms with Gasteiger partial charge in [-0.15, -0.1) is 0 Å². The lowest BCUT2D eigenvalue weighted by Crippen LogP contribution is -2.29. The van der Waals surface area contributed by atoms with Crippen molar-refractivity contribution < 1.29 is 14.3 Å². The number of rotatable bonds is 1. The van der Waals surface area contributed by atoms with Crippen LogP contribution < -0.4 is 0 Å². The molecule has 4 atom stereocenters. The van der Waals surface area contributed by atoms with Crippen molar-refractivity contribution in [2.75, 3.05) is 7.11 Å². The van der Waals surface area contributed by atoms with Gasteiger partial charge < -0.3 is 9.47 Å². The molecule has 2 bridgehead atoms. The molecule has 0 spiro atoms. The first kappa shape index (κ1) is 9.30. The minimum absolute atomic E-state index is 0.0328. The lowest BCUT2D eigenvalue weighted by Gasteiger charge is -2.18. The van der Waals surface area contributed by atoms with Crippen LogP contribution in [0.3, 0.4) is 0 Å². The van der Waals surface area contributed by atoms with Crippen molar-refractivity contribution >= 4 is 28.4 Å². The second kappa shape index (κ2) is 3.02. The molecule has 2 heterocycles. The summed E-state index contributed by atoms with van der Waals surface area (Å²) in [5, 5.41) is 0. The fourth-order valence-corrected chi connectivity index (χ4v) is 3.78. The van der Waals surface area contributed by atoms with E-state index in [0.717, 1.165) is 24.0 Å². The molecule has 1 aliphatic carbocycles. The summed E-state index contributed by atoms with van der Waals surface area (Å²) in [5.74, 6) is 0.236. The summed E-state index contributed by atoms with van der Waals surface area (Å²) in [6.07, 6.45) is 2.28. The van der Waals surface area contributed by atoms with E-state index in [2.05, 4.69) is 22.6 Å². The molecule has 2 unspecified atom stereocenters. The van der Waals surface area contributed by atoms with Crippen molar-refractivity contribution in [1.82, 2.24) is 0 Å². The SMILES string of the molecule is COC1C2=C(C(=O)C1I)[C@H]1CC[C@@H]2O1. The zero-order chi connectivity index (χ0) is 9.87. The van der Waals surface area contributed by atoms with Gasteiger partial charge in [0.1, 0.15) is 10.0 Å². The molecule has 1 saturated heterocycles. The maximum absolute atomic E-state index is 11.9. The van der Waals surface area contributed by atoms with Crippen LogP contribution in [0.25, 0.3) is 0 Å². The van der Waals surface area contributed by atoms with E-state index in [1.54, 1.807) is 7.11 Å². The molecule has 4 heteroatoms. The molecule has 2 aliphatic heterocycles. The van der Waals surface area contributed by atoms with Crippen molar-refractivity contribution in [2.24, 2.45) is 0 Å². The standard InChI is InChI=1S/C10H11IO3/c1-13-10-7-5-3-2-4(14-5)6(7)9(12)8(10)11/h4-5,8,10H,2-3H2,1H3/t4-,5+,8?,10?/m1/s1. The highest BCUT2D eigenvalue weighted by Gasteiger charge is 2.53. The minimum Gasteiger partial charge on any atom is -0.375 e. The number of fused-ring (bicyclic) bond motifs is 4. The predicted molar refractivity (Wildman–Crippen MR) is 58.5 cm³/mol. The van der Waals surface area contributed by atoms with Gasteiger partial charge in [-0.1, -0.05) is 22.6 Å². The third-order valence-electron chi connectivity index (χ3n) is 3.34. The molecule has 3 nitrogen and oxygen atoms in total. The summed E-state index contributed by atoms with van der Waals surface area (Å²) in [5.41, 5.74) is 2.08. The third kappa shape index (κ3) is 0.967. The first-order valence-corrected chi connectivity index (χ1v) is 6.09. The monoisotopic (exact) mass is 306 g/mol. The van der Waals surface area contributed by atoms with E-state index in [9.17, 15) is 4.79 Å². The Kier molecular flexibility index (Phi) is 2.01. The molecule has 0 aromatic rings. The van der Waals surface area contributed by atoms with Crippen LogP contribution in [-0.2, 0) is 14.3 Å². The molecule has 0 aromatic heterocycles. The van der Waals surface area contributed by atoms with Gasteiger partial charge >= 0.3 is 0 Å². The number of ether oxygens (including phenoxy) is 2. The van der Waals surface area contributed by atoms with Gasteiger partial charge in [0.15, 0.2) is 5.78 Å². The number of hydrogen-bond donors (Lipinski definition) is 0. The zero-order valence-electron chi connectivity index (χ0n) is 7.83. The Morgan fingerprint density at radius 1 is 1.43 bits per heavy atom. The largest absolute Gasteiger partial charge is 0.375 e. The van der Waals surface area contributed by atoms with Crippen LogP contribution in [0.15, 0.2) is 11.1 Å². The maximum Gasteiger partial charge on any atom is 0.177 e. The number of carbonyl (C=O) groups is 1. The first-order chi connectivity index (χ1) is 6.74. The molecule has 0 N–H and O–H groups in total. The summed E-state index contributed by atoms with van der Waals surface area (Å²) in [7, 11) is 1.67. The Hall–Kier alpha value is 0.0600. The average Bonchev–Trinajstić information content (AvgIpc) is 2.82. The normalized spacial score (nSPS) is 45.1. The van der Waals surface area contributed by atoms with Gasteiger partial charge in [-0.3, -0.25) is 4.79 Å². The number of methoxy groups -OCH3 is 1. The van der Waals surface area contributed by atoms with Gasteiger partial charge in [-0.2, -0.15) is 0 Å². The number of hydrogen-bond acceptors (Lipinski definition) is 3. The summed E-state index contributed by atoms with van der Waals surface area (Å²) in [6, 6.07) is 0. The van der Waals surface area contributed by atoms with Gasteiger partial charge in [0.25, 0.3) is 0 Å². The lowest BCUT2D eigenvalue weighted by atomic mass is 9.93. The van der Waals surface area contributed by atoms with E-state index in [1.807, 2.05) is 0 Å². The van der Waals surface area contributed by atoms with Crippen LogP contribution in [0, 0.1) is 0 Å². The van der Waals surface area contributed by atoms with Crippen LogP contribution in [0.5, 0.6) is 0 Å². The second-order valence-electron chi connectivity index (χ2n) is 3.98. The third-order valence-corrected chi connectivity index (χ3v) is 4.56. The average molecular weight is 306 g/mol. The molecular weight excluding hydrogens is 295 g/mol. The first-order valence-electron chi connectivity index (χ1n) is 4.84. The summed E-state index contributed by atoms with van der Waals surface area (Å²) < 4.78 is 11.1.